The maximum Gasteiger partial charge on any atom is 0.136 e. The van der Waals surface area contributed by atoms with E-state index < -0.39 is 0 Å². The largest absolute Gasteiger partial charge is 0.299 e. The molecule has 2 nitrogen and oxygen atoms in total. The molecule has 1 aromatic heterocycles. The maximum absolute atomic E-state index is 11.1. The van der Waals surface area contributed by atoms with E-state index in [1.165, 1.54) is 5.56 Å². The fourth-order valence-corrected chi connectivity index (χ4v) is 2.06. The van der Waals surface area contributed by atoms with Crippen LogP contribution in [0.2, 0.25) is 0 Å². The van der Waals surface area contributed by atoms with Gasteiger partial charge in [0, 0.05) is 35.1 Å². The van der Waals surface area contributed by atoms with E-state index in [1.54, 1.807) is 6.20 Å². The van der Waals surface area contributed by atoms with Gasteiger partial charge in [-0.15, -0.1) is 0 Å². The number of carbonyl (C=O) groups is 1. The van der Waals surface area contributed by atoms with Gasteiger partial charge >= 0.3 is 0 Å². The molecule has 68 valence electrons. The summed E-state index contributed by atoms with van der Waals surface area (Å²) in [5.41, 5.74) is 1.17. The average Bonchev–Trinajstić information content (AvgIpc) is 2.13. The van der Waals surface area contributed by atoms with Crippen molar-refractivity contribution in [2.75, 3.05) is 0 Å². The zero-order valence-corrected chi connectivity index (χ0v) is 8.91. The summed E-state index contributed by atoms with van der Waals surface area (Å²) in [5, 5.41) is 0. The first-order chi connectivity index (χ1) is 6.18. The molecule has 13 heavy (non-hydrogen) atoms. The van der Waals surface area contributed by atoms with Gasteiger partial charge in [0.15, 0.2) is 0 Å². The Morgan fingerprint density at radius 2 is 2.31 bits per heavy atom. The number of aromatic nitrogens is 1. The van der Waals surface area contributed by atoms with E-state index in [0.29, 0.717) is 18.1 Å². The number of pyridine rings is 1. The second-order valence-electron chi connectivity index (χ2n) is 3.50. The molecule has 0 radical (unpaired) electrons. The Morgan fingerprint density at radius 3 is 2.85 bits per heavy atom. The van der Waals surface area contributed by atoms with Gasteiger partial charge in [-0.25, -0.2) is 0 Å². The lowest BCUT2D eigenvalue weighted by molar-refractivity contribution is -0.130. The molecule has 0 amide bonds. The Balaban J connectivity index is 2.23. The standard InChI is InChI=1S/C10H10BrNO/c1-6-9(3-10(6)13)7-2-8(11)5-12-4-7/h2,4-6,9H,3H2,1H3. The van der Waals surface area contributed by atoms with Gasteiger partial charge in [0.05, 0.1) is 0 Å². The maximum atomic E-state index is 11.1. The van der Waals surface area contributed by atoms with Crippen molar-refractivity contribution in [2.24, 2.45) is 5.92 Å². The molecule has 0 aromatic carbocycles. The molecular weight excluding hydrogens is 230 g/mol. The van der Waals surface area contributed by atoms with Gasteiger partial charge in [-0.2, -0.15) is 0 Å². The third-order valence-corrected chi connectivity index (χ3v) is 3.12. The zero-order chi connectivity index (χ0) is 9.42. The molecule has 0 aliphatic heterocycles. The average molecular weight is 240 g/mol. The highest BCUT2D eigenvalue weighted by Crippen LogP contribution is 2.39. The number of halogens is 1. The molecule has 1 heterocycles. The van der Waals surface area contributed by atoms with Crippen LogP contribution in [0.5, 0.6) is 0 Å². The minimum Gasteiger partial charge on any atom is -0.299 e. The van der Waals surface area contributed by atoms with Gasteiger partial charge in [0.1, 0.15) is 5.78 Å². The molecule has 1 aromatic rings. The van der Waals surface area contributed by atoms with E-state index in [-0.39, 0.29) is 5.92 Å². The Hall–Kier alpha value is -0.700. The van der Waals surface area contributed by atoms with Crippen LogP contribution in [0.3, 0.4) is 0 Å². The summed E-state index contributed by atoms with van der Waals surface area (Å²) < 4.78 is 0.983. The Kier molecular flexibility index (Phi) is 2.20. The van der Waals surface area contributed by atoms with Crippen LogP contribution in [-0.2, 0) is 4.79 Å². The van der Waals surface area contributed by atoms with Gasteiger partial charge < -0.3 is 0 Å². The van der Waals surface area contributed by atoms with Gasteiger partial charge in [-0.3, -0.25) is 9.78 Å². The topological polar surface area (TPSA) is 30.0 Å². The smallest absolute Gasteiger partial charge is 0.136 e. The van der Waals surface area contributed by atoms with E-state index in [1.807, 2.05) is 19.2 Å². The van der Waals surface area contributed by atoms with Crippen molar-refractivity contribution >= 4 is 21.7 Å². The lowest BCUT2D eigenvalue weighted by atomic mass is 9.70. The van der Waals surface area contributed by atoms with E-state index in [2.05, 4.69) is 20.9 Å². The van der Waals surface area contributed by atoms with Crippen molar-refractivity contribution in [3.05, 3.63) is 28.5 Å². The molecular formula is C10H10BrNO. The fourth-order valence-electron chi connectivity index (χ4n) is 1.68. The minimum atomic E-state index is 0.177. The van der Waals surface area contributed by atoms with Crippen LogP contribution in [0.4, 0.5) is 0 Å². The molecule has 1 aliphatic rings. The van der Waals surface area contributed by atoms with E-state index in [9.17, 15) is 4.79 Å². The van der Waals surface area contributed by atoms with E-state index >= 15 is 0 Å². The molecule has 1 aliphatic carbocycles. The van der Waals surface area contributed by atoms with Crippen molar-refractivity contribution in [1.29, 1.82) is 0 Å². The summed E-state index contributed by atoms with van der Waals surface area (Å²) in [5.74, 6) is 0.929. The molecule has 0 N–H and O–H groups in total. The molecule has 2 atom stereocenters. The molecule has 0 spiro atoms. The predicted molar refractivity (Wildman–Crippen MR) is 53.5 cm³/mol. The number of rotatable bonds is 1. The third-order valence-electron chi connectivity index (χ3n) is 2.69. The van der Waals surface area contributed by atoms with Crippen molar-refractivity contribution < 1.29 is 4.79 Å². The van der Waals surface area contributed by atoms with Crippen LogP contribution in [0.1, 0.15) is 24.8 Å². The van der Waals surface area contributed by atoms with Crippen molar-refractivity contribution in [1.82, 2.24) is 4.98 Å². The minimum absolute atomic E-state index is 0.177. The molecule has 1 fully saturated rings. The normalized spacial score (nSPS) is 27.1. The number of nitrogens with zero attached hydrogens (tertiary/aromatic N) is 1. The number of carbonyl (C=O) groups excluding carboxylic acids is 1. The van der Waals surface area contributed by atoms with E-state index in [0.717, 1.165) is 4.47 Å². The van der Waals surface area contributed by atoms with Gasteiger partial charge in [-0.1, -0.05) is 6.92 Å². The summed E-state index contributed by atoms with van der Waals surface area (Å²) in [6.45, 7) is 1.98. The van der Waals surface area contributed by atoms with Crippen LogP contribution in [0, 0.1) is 5.92 Å². The first kappa shape index (κ1) is 8.88. The molecule has 0 saturated heterocycles. The lowest BCUT2D eigenvalue weighted by Crippen LogP contribution is -2.32. The monoisotopic (exact) mass is 239 g/mol. The van der Waals surface area contributed by atoms with Gasteiger partial charge in [0.25, 0.3) is 0 Å². The summed E-state index contributed by atoms with van der Waals surface area (Å²) in [4.78, 5) is 15.2. The lowest BCUT2D eigenvalue weighted by Gasteiger charge is -2.32. The van der Waals surface area contributed by atoms with Gasteiger partial charge in [-0.05, 0) is 27.6 Å². The van der Waals surface area contributed by atoms with Crippen molar-refractivity contribution in [2.45, 2.75) is 19.3 Å². The summed E-state index contributed by atoms with van der Waals surface area (Å²) >= 11 is 3.37. The third kappa shape index (κ3) is 1.53. The molecule has 1 saturated carbocycles. The zero-order valence-electron chi connectivity index (χ0n) is 7.33. The van der Waals surface area contributed by atoms with Gasteiger partial charge in [0.2, 0.25) is 0 Å². The highest BCUT2D eigenvalue weighted by atomic mass is 79.9. The Morgan fingerprint density at radius 1 is 1.54 bits per heavy atom. The molecule has 3 heteroatoms. The van der Waals surface area contributed by atoms with Crippen molar-refractivity contribution in [3.63, 3.8) is 0 Å². The van der Waals surface area contributed by atoms with Crippen LogP contribution in [0.25, 0.3) is 0 Å². The van der Waals surface area contributed by atoms with Crippen LogP contribution in [-0.4, -0.2) is 10.8 Å². The molecule has 0 bridgehead atoms. The second-order valence-corrected chi connectivity index (χ2v) is 4.42. The number of Topliss-reactive ketones (excluding diaryl/α,β-unsaturated/α-hetero) is 1. The first-order valence-electron chi connectivity index (χ1n) is 4.31. The highest BCUT2D eigenvalue weighted by Gasteiger charge is 2.36. The summed E-state index contributed by atoms with van der Waals surface area (Å²) in [6, 6.07) is 2.04. The van der Waals surface area contributed by atoms with E-state index in [4.69, 9.17) is 0 Å². The van der Waals surface area contributed by atoms with Crippen LogP contribution < -0.4 is 0 Å². The Labute approximate surface area is 85.5 Å². The SMILES string of the molecule is CC1C(=O)CC1c1cncc(Br)c1. The van der Waals surface area contributed by atoms with Crippen LogP contribution >= 0.6 is 15.9 Å². The number of hydrogen-bond acceptors (Lipinski definition) is 2. The quantitative estimate of drug-likeness (QED) is 0.754. The summed E-state index contributed by atoms with van der Waals surface area (Å²) in [6.07, 6.45) is 4.28. The Bertz CT molecular complexity index is 351. The second kappa shape index (κ2) is 3.22. The molecule has 2 rings (SSSR count). The number of ketones is 1. The predicted octanol–water partition coefficient (Wildman–Crippen LogP) is 2.54. The molecule has 2 unspecified atom stereocenters. The summed E-state index contributed by atoms with van der Waals surface area (Å²) in [7, 11) is 0. The van der Waals surface area contributed by atoms with Crippen LogP contribution in [0.15, 0.2) is 22.9 Å². The highest BCUT2D eigenvalue weighted by molar-refractivity contribution is 9.10. The first-order valence-corrected chi connectivity index (χ1v) is 5.11. The number of hydrogen-bond donors (Lipinski definition) is 0. The van der Waals surface area contributed by atoms with Crippen molar-refractivity contribution in [3.8, 4) is 0 Å². The fraction of sp³-hybridized carbons (Fsp3) is 0.400.